The Kier molecular flexibility index (Phi) is 5.16. The third-order valence-corrected chi connectivity index (χ3v) is 2.67. The van der Waals surface area contributed by atoms with E-state index in [1.54, 1.807) is 0 Å². The normalized spacial score (nSPS) is 14.1. The summed E-state index contributed by atoms with van der Waals surface area (Å²) in [6, 6.07) is 9.92. The lowest BCUT2D eigenvalue weighted by molar-refractivity contribution is -0.156. The summed E-state index contributed by atoms with van der Waals surface area (Å²) in [6.45, 7) is 3.45. The quantitative estimate of drug-likeness (QED) is 0.771. The molecule has 17 heavy (non-hydrogen) atoms. The summed E-state index contributed by atoms with van der Waals surface area (Å²) in [4.78, 5) is 11.1. The Balaban J connectivity index is 2.72. The number of hydrogen-bond donors (Lipinski definition) is 1. The molecule has 3 nitrogen and oxygen atoms in total. The van der Waals surface area contributed by atoms with Crippen LogP contribution in [0.3, 0.4) is 0 Å². The van der Waals surface area contributed by atoms with Crippen molar-refractivity contribution in [3.05, 3.63) is 35.9 Å². The lowest BCUT2D eigenvalue weighted by Gasteiger charge is -2.29. The minimum Gasteiger partial charge on any atom is -0.459 e. The smallest absolute Gasteiger partial charge is 0.303 e. The Morgan fingerprint density at radius 3 is 2.53 bits per heavy atom. The Morgan fingerprint density at radius 1 is 1.35 bits per heavy atom. The molecule has 1 aromatic rings. The van der Waals surface area contributed by atoms with Gasteiger partial charge in [0.1, 0.15) is 5.60 Å². The Hall–Kier alpha value is -1.35. The van der Waals surface area contributed by atoms with Crippen LogP contribution in [0.5, 0.6) is 0 Å². The first kappa shape index (κ1) is 13.7. The average molecular weight is 236 g/mol. The van der Waals surface area contributed by atoms with Crippen molar-refractivity contribution in [3.8, 4) is 0 Å². The summed E-state index contributed by atoms with van der Waals surface area (Å²) < 4.78 is 5.39. The van der Waals surface area contributed by atoms with Gasteiger partial charge in [-0.25, -0.2) is 0 Å². The Bertz CT molecular complexity index is 348. The number of esters is 1. The van der Waals surface area contributed by atoms with Gasteiger partial charge in [0.2, 0.25) is 0 Å². The van der Waals surface area contributed by atoms with Gasteiger partial charge < -0.3 is 9.84 Å². The van der Waals surface area contributed by atoms with E-state index in [2.05, 4.69) is 0 Å². The van der Waals surface area contributed by atoms with E-state index in [9.17, 15) is 4.79 Å². The fourth-order valence-corrected chi connectivity index (χ4v) is 2.00. The monoisotopic (exact) mass is 236 g/mol. The van der Waals surface area contributed by atoms with Gasteiger partial charge in [0.25, 0.3) is 0 Å². The number of aliphatic hydroxyl groups excluding tert-OH is 1. The molecular weight excluding hydrogens is 216 g/mol. The molecule has 1 rings (SSSR count). The van der Waals surface area contributed by atoms with Gasteiger partial charge in [-0.15, -0.1) is 0 Å². The van der Waals surface area contributed by atoms with E-state index in [-0.39, 0.29) is 12.6 Å². The molecule has 3 heteroatoms. The van der Waals surface area contributed by atoms with Crippen LogP contribution in [0.25, 0.3) is 0 Å². The average Bonchev–Trinajstić information content (AvgIpc) is 2.26. The molecular formula is C14H20O3. The van der Waals surface area contributed by atoms with Crippen molar-refractivity contribution in [2.24, 2.45) is 0 Å². The highest BCUT2D eigenvalue weighted by Gasteiger charge is 2.27. The van der Waals surface area contributed by atoms with E-state index in [4.69, 9.17) is 9.84 Å². The third-order valence-electron chi connectivity index (χ3n) is 2.67. The SMILES string of the molecule is CC(=O)OC(C)(CCCO)Cc1ccccc1. The van der Waals surface area contributed by atoms with Gasteiger partial charge in [0, 0.05) is 20.0 Å². The molecule has 0 saturated carbocycles. The summed E-state index contributed by atoms with van der Waals surface area (Å²) in [5.74, 6) is -0.277. The van der Waals surface area contributed by atoms with E-state index < -0.39 is 5.60 Å². The molecule has 0 amide bonds. The first-order valence-corrected chi connectivity index (χ1v) is 5.90. The maximum absolute atomic E-state index is 11.1. The number of carbonyl (C=O) groups is 1. The molecule has 0 spiro atoms. The number of rotatable bonds is 6. The predicted molar refractivity (Wildman–Crippen MR) is 66.6 cm³/mol. The van der Waals surface area contributed by atoms with Crippen molar-refractivity contribution < 1.29 is 14.6 Å². The zero-order valence-corrected chi connectivity index (χ0v) is 10.5. The van der Waals surface area contributed by atoms with Crippen LogP contribution in [0.4, 0.5) is 0 Å². The molecule has 0 aliphatic rings. The molecule has 1 aromatic carbocycles. The van der Waals surface area contributed by atoms with Crippen LogP contribution in [0.15, 0.2) is 30.3 Å². The lowest BCUT2D eigenvalue weighted by Crippen LogP contribution is -2.33. The van der Waals surface area contributed by atoms with Gasteiger partial charge in [-0.2, -0.15) is 0 Å². The second kappa shape index (κ2) is 6.40. The van der Waals surface area contributed by atoms with E-state index in [1.165, 1.54) is 6.92 Å². The summed E-state index contributed by atoms with van der Waals surface area (Å²) in [6.07, 6.45) is 1.97. The van der Waals surface area contributed by atoms with Crippen molar-refractivity contribution in [3.63, 3.8) is 0 Å². The minimum atomic E-state index is -0.532. The minimum absolute atomic E-state index is 0.117. The molecule has 0 bridgehead atoms. The summed E-state index contributed by atoms with van der Waals surface area (Å²) in [5.41, 5.74) is 0.602. The fourth-order valence-electron chi connectivity index (χ4n) is 2.00. The van der Waals surface area contributed by atoms with Crippen LogP contribution in [-0.4, -0.2) is 23.3 Å². The molecule has 0 aliphatic carbocycles. The largest absolute Gasteiger partial charge is 0.459 e. The van der Waals surface area contributed by atoms with E-state index in [0.717, 1.165) is 5.56 Å². The molecule has 1 unspecified atom stereocenters. The van der Waals surface area contributed by atoms with Gasteiger partial charge in [0.15, 0.2) is 0 Å². The standard InChI is InChI=1S/C14H20O3/c1-12(16)17-14(2,9-6-10-15)11-13-7-4-3-5-8-13/h3-5,7-8,15H,6,9-11H2,1-2H3. The molecule has 0 aliphatic heterocycles. The van der Waals surface area contributed by atoms with E-state index in [1.807, 2.05) is 37.3 Å². The molecule has 0 heterocycles. The molecule has 0 aromatic heterocycles. The van der Waals surface area contributed by atoms with Crippen LogP contribution < -0.4 is 0 Å². The first-order chi connectivity index (χ1) is 8.06. The molecule has 0 fully saturated rings. The number of hydrogen-bond acceptors (Lipinski definition) is 3. The second-order valence-corrected chi connectivity index (χ2v) is 4.53. The van der Waals surface area contributed by atoms with Gasteiger partial charge in [-0.1, -0.05) is 30.3 Å². The van der Waals surface area contributed by atoms with Crippen LogP contribution in [0, 0.1) is 0 Å². The number of carbonyl (C=O) groups excluding carboxylic acids is 1. The van der Waals surface area contributed by atoms with Crippen molar-refractivity contribution in [1.29, 1.82) is 0 Å². The van der Waals surface area contributed by atoms with Crippen molar-refractivity contribution >= 4 is 5.97 Å². The topological polar surface area (TPSA) is 46.5 Å². The third kappa shape index (κ3) is 5.00. The number of aliphatic hydroxyl groups is 1. The van der Waals surface area contributed by atoms with E-state index in [0.29, 0.717) is 19.3 Å². The van der Waals surface area contributed by atoms with Gasteiger partial charge in [-0.3, -0.25) is 4.79 Å². The van der Waals surface area contributed by atoms with Crippen molar-refractivity contribution in [2.45, 2.75) is 38.7 Å². The maximum Gasteiger partial charge on any atom is 0.303 e. The number of ether oxygens (including phenoxy) is 1. The van der Waals surface area contributed by atoms with Crippen LogP contribution in [0.2, 0.25) is 0 Å². The fraction of sp³-hybridized carbons (Fsp3) is 0.500. The van der Waals surface area contributed by atoms with Crippen LogP contribution >= 0.6 is 0 Å². The zero-order chi connectivity index (χ0) is 12.7. The molecule has 1 N–H and O–H groups in total. The lowest BCUT2D eigenvalue weighted by atomic mass is 9.91. The van der Waals surface area contributed by atoms with Crippen LogP contribution in [0.1, 0.15) is 32.3 Å². The van der Waals surface area contributed by atoms with Crippen molar-refractivity contribution in [1.82, 2.24) is 0 Å². The first-order valence-electron chi connectivity index (χ1n) is 5.90. The van der Waals surface area contributed by atoms with Crippen LogP contribution in [-0.2, 0) is 16.0 Å². The summed E-state index contributed by atoms with van der Waals surface area (Å²) in [7, 11) is 0. The Morgan fingerprint density at radius 2 is 2.00 bits per heavy atom. The second-order valence-electron chi connectivity index (χ2n) is 4.53. The molecule has 1 atom stereocenters. The van der Waals surface area contributed by atoms with Gasteiger partial charge in [-0.05, 0) is 25.3 Å². The molecule has 0 saturated heterocycles. The molecule has 94 valence electrons. The predicted octanol–water partition coefficient (Wildman–Crippen LogP) is 2.32. The number of benzene rings is 1. The maximum atomic E-state index is 11.1. The Labute approximate surface area is 102 Å². The zero-order valence-electron chi connectivity index (χ0n) is 10.5. The highest BCUT2D eigenvalue weighted by atomic mass is 16.6. The van der Waals surface area contributed by atoms with Gasteiger partial charge in [0.05, 0.1) is 0 Å². The summed E-state index contributed by atoms with van der Waals surface area (Å²) in [5, 5.41) is 8.89. The highest BCUT2D eigenvalue weighted by Crippen LogP contribution is 2.23. The van der Waals surface area contributed by atoms with E-state index >= 15 is 0 Å². The molecule has 0 radical (unpaired) electrons. The van der Waals surface area contributed by atoms with Crippen molar-refractivity contribution in [2.75, 3.05) is 6.61 Å². The summed E-state index contributed by atoms with van der Waals surface area (Å²) >= 11 is 0. The van der Waals surface area contributed by atoms with Gasteiger partial charge >= 0.3 is 5.97 Å². The highest BCUT2D eigenvalue weighted by molar-refractivity contribution is 5.66.